The number of hydrogen-bond acceptors (Lipinski definition) is 2. The van der Waals surface area contributed by atoms with Gasteiger partial charge in [-0.3, -0.25) is 0 Å². The van der Waals surface area contributed by atoms with Gasteiger partial charge in [0, 0.05) is 17.8 Å². The van der Waals surface area contributed by atoms with Crippen LogP contribution in [0.15, 0.2) is 18.2 Å². The maximum absolute atomic E-state index is 10.1. The summed E-state index contributed by atoms with van der Waals surface area (Å²) in [5.74, 6) is 0. The molecule has 0 bridgehead atoms. The highest BCUT2D eigenvalue weighted by Crippen LogP contribution is 2.42. The average molecular weight is 212 g/mol. The molecule has 0 heterocycles. The van der Waals surface area contributed by atoms with Crippen LogP contribution in [0.2, 0.25) is 5.02 Å². The largest absolute Gasteiger partial charge is 0.388 e. The molecule has 1 aromatic carbocycles. The molecule has 1 fully saturated rings. The Balaban J connectivity index is 2.37. The Labute approximate surface area is 88.9 Å². The zero-order valence-corrected chi connectivity index (χ0v) is 8.93. The van der Waals surface area contributed by atoms with Crippen LogP contribution in [0.5, 0.6) is 0 Å². The summed E-state index contributed by atoms with van der Waals surface area (Å²) in [7, 11) is 1.85. The van der Waals surface area contributed by atoms with Gasteiger partial charge in [-0.05, 0) is 43.0 Å². The first-order valence-corrected chi connectivity index (χ1v) is 5.23. The van der Waals surface area contributed by atoms with Crippen LogP contribution in [0.3, 0.4) is 0 Å². The van der Waals surface area contributed by atoms with E-state index in [9.17, 15) is 5.11 Å². The molecule has 0 unspecified atom stereocenters. The topological polar surface area (TPSA) is 32.3 Å². The van der Waals surface area contributed by atoms with E-state index in [1.54, 1.807) is 0 Å². The molecule has 0 saturated heterocycles. The van der Waals surface area contributed by atoms with E-state index >= 15 is 0 Å². The third-order valence-corrected chi connectivity index (χ3v) is 3.12. The highest BCUT2D eigenvalue weighted by atomic mass is 35.5. The van der Waals surface area contributed by atoms with Gasteiger partial charge in [0.15, 0.2) is 0 Å². The van der Waals surface area contributed by atoms with Crippen LogP contribution in [-0.2, 0) is 5.60 Å². The first kappa shape index (κ1) is 9.81. The zero-order valence-electron chi connectivity index (χ0n) is 8.18. The maximum Gasteiger partial charge on any atom is 0.0897 e. The molecule has 2 rings (SSSR count). The predicted molar refractivity (Wildman–Crippen MR) is 58.7 cm³/mol. The minimum atomic E-state index is -0.628. The van der Waals surface area contributed by atoms with Crippen molar-refractivity contribution in [1.82, 2.24) is 0 Å². The second-order valence-electron chi connectivity index (χ2n) is 3.86. The van der Waals surface area contributed by atoms with Gasteiger partial charge >= 0.3 is 0 Å². The van der Waals surface area contributed by atoms with Gasteiger partial charge in [-0.1, -0.05) is 11.6 Å². The summed E-state index contributed by atoms with van der Waals surface area (Å²) in [5.41, 5.74) is 1.25. The van der Waals surface area contributed by atoms with E-state index in [0.717, 1.165) is 30.5 Å². The van der Waals surface area contributed by atoms with Crippen LogP contribution in [0.25, 0.3) is 0 Å². The normalized spacial score (nSPS) is 18.8. The molecule has 0 atom stereocenters. The maximum atomic E-state index is 10.1. The fourth-order valence-corrected chi connectivity index (χ4v) is 2.04. The molecule has 0 radical (unpaired) electrons. The van der Waals surface area contributed by atoms with Crippen molar-refractivity contribution in [3.05, 3.63) is 28.8 Å². The standard InChI is InChI=1S/C11H14ClNO/c1-13-10-6-8(5-9(12)7-10)11(14)3-2-4-11/h5-7,13-14H,2-4H2,1H3. The van der Waals surface area contributed by atoms with Gasteiger partial charge in [0.1, 0.15) is 0 Å². The summed E-state index contributed by atoms with van der Waals surface area (Å²) in [5, 5.41) is 13.8. The number of halogens is 1. The Kier molecular flexibility index (Phi) is 2.41. The molecule has 3 heteroatoms. The number of benzene rings is 1. The molecule has 1 saturated carbocycles. The molecule has 76 valence electrons. The lowest BCUT2D eigenvalue weighted by Crippen LogP contribution is -2.33. The van der Waals surface area contributed by atoms with Crippen molar-refractivity contribution in [1.29, 1.82) is 0 Å². The zero-order chi connectivity index (χ0) is 10.2. The molecule has 14 heavy (non-hydrogen) atoms. The van der Waals surface area contributed by atoms with Crippen molar-refractivity contribution >= 4 is 17.3 Å². The monoisotopic (exact) mass is 211 g/mol. The van der Waals surface area contributed by atoms with Crippen molar-refractivity contribution < 1.29 is 5.11 Å². The van der Waals surface area contributed by atoms with E-state index in [1.807, 2.05) is 25.2 Å². The third-order valence-electron chi connectivity index (χ3n) is 2.90. The quantitative estimate of drug-likeness (QED) is 0.789. The van der Waals surface area contributed by atoms with E-state index in [2.05, 4.69) is 5.32 Å². The summed E-state index contributed by atoms with van der Waals surface area (Å²) < 4.78 is 0. The molecular formula is C11H14ClNO. The van der Waals surface area contributed by atoms with Crippen LogP contribution in [0, 0.1) is 0 Å². The summed E-state index contributed by atoms with van der Waals surface area (Å²) >= 11 is 5.96. The molecule has 1 aliphatic carbocycles. The smallest absolute Gasteiger partial charge is 0.0897 e. The Morgan fingerprint density at radius 3 is 2.57 bits per heavy atom. The number of rotatable bonds is 2. The van der Waals surface area contributed by atoms with Crippen LogP contribution < -0.4 is 5.32 Å². The van der Waals surface area contributed by atoms with Gasteiger partial charge in [0.25, 0.3) is 0 Å². The minimum absolute atomic E-state index is 0.628. The third kappa shape index (κ3) is 1.60. The predicted octanol–water partition coefficient (Wildman–Crippen LogP) is 2.75. The lowest BCUT2D eigenvalue weighted by molar-refractivity contribution is -0.0387. The van der Waals surface area contributed by atoms with Crippen molar-refractivity contribution in [2.75, 3.05) is 12.4 Å². The number of hydrogen-bond donors (Lipinski definition) is 2. The molecule has 0 aromatic heterocycles. The van der Waals surface area contributed by atoms with Gasteiger partial charge in [0.05, 0.1) is 5.60 Å². The van der Waals surface area contributed by atoms with Crippen LogP contribution in [-0.4, -0.2) is 12.2 Å². The Morgan fingerprint density at radius 2 is 2.07 bits per heavy atom. The molecule has 1 aliphatic rings. The Hall–Kier alpha value is -0.730. The van der Waals surface area contributed by atoms with E-state index in [4.69, 9.17) is 11.6 Å². The first-order chi connectivity index (χ1) is 6.64. The second kappa shape index (κ2) is 3.44. The van der Waals surface area contributed by atoms with Gasteiger partial charge in [-0.25, -0.2) is 0 Å². The second-order valence-corrected chi connectivity index (χ2v) is 4.30. The van der Waals surface area contributed by atoms with Crippen molar-refractivity contribution in [3.8, 4) is 0 Å². The number of aliphatic hydroxyl groups is 1. The minimum Gasteiger partial charge on any atom is -0.388 e. The van der Waals surface area contributed by atoms with Gasteiger partial charge in [0.2, 0.25) is 0 Å². The molecular weight excluding hydrogens is 198 g/mol. The number of nitrogens with one attached hydrogen (secondary N) is 1. The summed E-state index contributed by atoms with van der Waals surface area (Å²) in [6.07, 6.45) is 2.78. The van der Waals surface area contributed by atoms with Crippen molar-refractivity contribution in [3.63, 3.8) is 0 Å². The molecule has 0 amide bonds. The Morgan fingerprint density at radius 1 is 1.36 bits per heavy atom. The van der Waals surface area contributed by atoms with Gasteiger partial charge < -0.3 is 10.4 Å². The highest BCUT2D eigenvalue weighted by molar-refractivity contribution is 6.30. The van der Waals surface area contributed by atoms with Crippen LogP contribution in [0.4, 0.5) is 5.69 Å². The SMILES string of the molecule is CNc1cc(Cl)cc(C2(O)CCC2)c1. The first-order valence-electron chi connectivity index (χ1n) is 4.85. The molecule has 1 aromatic rings. The van der Waals surface area contributed by atoms with Gasteiger partial charge in [-0.15, -0.1) is 0 Å². The Bertz CT molecular complexity index is 347. The fourth-order valence-electron chi connectivity index (χ4n) is 1.80. The summed E-state index contributed by atoms with van der Waals surface area (Å²) in [6, 6.07) is 5.67. The average Bonchev–Trinajstić information content (AvgIpc) is 2.13. The van der Waals surface area contributed by atoms with Crippen molar-refractivity contribution in [2.45, 2.75) is 24.9 Å². The van der Waals surface area contributed by atoms with Gasteiger partial charge in [-0.2, -0.15) is 0 Å². The fraction of sp³-hybridized carbons (Fsp3) is 0.455. The van der Waals surface area contributed by atoms with Crippen molar-refractivity contribution in [2.24, 2.45) is 0 Å². The summed E-state index contributed by atoms with van der Waals surface area (Å²) in [6.45, 7) is 0. The lowest BCUT2D eigenvalue weighted by atomic mass is 9.75. The highest BCUT2D eigenvalue weighted by Gasteiger charge is 2.36. The number of anilines is 1. The lowest BCUT2D eigenvalue weighted by Gasteiger charge is -2.37. The van der Waals surface area contributed by atoms with Crippen LogP contribution >= 0.6 is 11.6 Å². The van der Waals surface area contributed by atoms with E-state index in [1.165, 1.54) is 0 Å². The molecule has 2 nitrogen and oxygen atoms in total. The van der Waals surface area contributed by atoms with Crippen LogP contribution in [0.1, 0.15) is 24.8 Å². The van der Waals surface area contributed by atoms with E-state index < -0.39 is 5.60 Å². The van der Waals surface area contributed by atoms with E-state index in [0.29, 0.717) is 5.02 Å². The summed E-state index contributed by atoms with van der Waals surface area (Å²) in [4.78, 5) is 0. The molecule has 0 aliphatic heterocycles. The van der Waals surface area contributed by atoms with E-state index in [-0.39, 0.29) is 0 Å². The molecule has 0 spiro atoms. The molecule has 2 N–H and O–H groups in total.